The molecule has 180 valence electrons. The van der Waals surface area contributed by atoms with E-state index >= 15 is 0 Å². The van der Waals surface area contributed by atoms with E-state index in [-0.39, 0.29) is 11.5 Å². The predicted octanol–water partition coefficient (Wildman–Crippen LogP) is -1.93. The van der Waals surface area contributed by atoms with Crippen LogP contribution in [0.2, 0.25) is 0 Å². The third-order valence-electron chi connectivity index (χ3n) is 4.02. The van der Waals surface area contributed by atoms with Gasteiger partial charge in [0.1, 0.15) is 18.0 Å². The fourth-order valence-electron chi connectivity index (χ4n) is 2.76. The van der Waals surface area contributed by atoms with Crippen LogP contribution < -0.4 is 17.2 Å². The Kier molecular flexibility index (Phi) is 7.58. The summed E-state index contributed by atoms with van der Waals surface area (Å²) >= 11 is 0. The first-order valence-corrected chi connectivity index (χ1v) is 12.7. The maximum atomic E-state index is 12.3. The van der Waals surface area contributed by atoms with Gasteiger partial charge in [-0.15, -0.1) is 6.42 Å². The smallest absolute Gasteiger partial charge is 0.387 e. The van der Waals surface area contributed by atoms with E-state index in [1.54, 1.807) is 0 Å². The van der Waals surface area contributed by atoms with Gasteiger partial charge in [-0.3, -0.25) is 9.09 Å². The lowest BCUT2D eigenvalue weighted by Crippen LogP contribution is -2.55. The van der Waals surface area contributed by atoms with Crippen molar-refractivity contribution in [2.75, 3.05) is 12.3 Å². The van der Waals surface area contributed by atoms with Crippen LogP contribution in [-0.2, 0) is 31.6 Å². The summed E-state index contributed by atoms with van der Waals surface area (Å²) in [5, 5.41) is 10.5. The molecule has 0 aromatic carbocycles. The van der Waals surface area contributed by atoms with Gasteiger partial charge >= 0.3 is 29.2 Å². The summed E-state index contributed by atoms with van der Waals surface area (Å²) in [6, 6.07) is 1.29. The number of nitrogen functional groups attached to an aromatic ring is 1. The van der Waals surface area contributed by atoms with Crippen molar-refractivity contribution in [3.63, 3.8) is 0 Å². The molecule has 0 bridgehead atoms. The fraction of sp³-hybridized carbons (Fsp3) is 0.500. The Balaban J connectivity index is 2.23. The first kappa shape index (κ1) is 26.8. The summed E-state index contributed by atoms with van der Waals surface area (Å²) in [5.41, 5.74) is 8.69. The van der Waals surface area contributed by atoms with E-state index in [9.17, 15) is 28.5 Å². The molecule has 2 heterocycles. The molecule has 0 spiro atoms. The third-order valence-corrected chi connectivity index (χ3v) is 7.83. The van der Waals surface area contributed by atoms with Crippen molar-refractivity contribution in [3.05, 3.63) is 22.2 Å². The molecule has 1 saturated heterocycles. The first-order valence-electron chi connectivity index (χ1n) is 8.15. The second-order valence-electron chi connectivity index (χ2n) is 6.41. The third kappa shape index (κ3) is 6.10. The molecule has 4 unspecified atom stereocenters. The topological polar surface area (TPSA) is 276 Å². The number of terminal acetylenes is 1. The molecular formula is C12H19N4O13P3. The zero-order valence-electron chi connectivity index (χ0n) is 16.0. The van der Waals surface area contributed by atoms with Crippen LogP contribution >= 0.6 is 23.5 Å². The van der Waals surface area contributed by atoms with Crippen LogP contribution in [0.25, 0.3) is 0 Å². The van der Waals surface area contributed by atoms with Gasteiger partial charge < -0.3 is 40.9 Å². The number of nitrogens with zero attached hydrogens (tertiary/aromatic N) is 2. The van der Waals surface area contributed by atoms with Crippen LogP contribution in [0.4, 0.5) is 5.82 Å². The minimum Gasteiger partial charge on any atom is -0.387 e. The quantitative estimate of drug-likeness (QED) is 0.145. The van der Waals surface area contributed by atoms with Gasteiger partial charge in [-0.05, 0) is 13.0 Å². The van der Waals surface area contributed by atoms with Crippen molar-refractivity contribution >= 4 is 29.3 Å². The number of rotatable bonds is 8. The Labute approximate surface area is 179 Å². The van der Waals surface area contributed by atoms with Gasteiger partial charge in [0.2, 0.25) is 0 Å². The van der Waals surface area contributed by atoms with Crippen molar-refractivity contribution in [2.45, 2.75) is 30.9 Å². The molecule has 6 atom stereocenters. The van der Waals surface area contributed by atoms with Gasteiger partial charge in [-0.25, -0.2) is 18.5 Å². The van der Waals surface area contributed by atoms with Crippen molar-refractivity contribution < 1.29 is 56.3 Å². The standard InChI is InChI=1S/C12H19N4O13P3/c1-3-12(14)9(17)7(27-10(12)16-6(2)4-8(13)15-11(16)18)5-26-31(22,23)29-32(24,25)28-30(19,20)21/h1,4,7,9-10,17H,5,14H2,2H3,(H,22,23)(H,24,25)(H2,13,15,18)(H2,19,20,21)/t7-,9?,10-,12?/m1/s1. The maximum absolute atomic E-state index is 12.3. The predicted molar refractivity (Wildman–Crippen MR) is 103 cm³/mol. The lowest BCUT2D eigenvalue weighted by atomic mass is 9.92. The molecule has 0 amide bonds. The summed E-state index contributed by atoms with van der Waals surface area (Å²) < 4.78 is 51.8. The normalized spacial score (nSPS) is 29.8. The number of aliphatic hydroxyl groups excluding tert-OH is 1. The average molecular weight is 520 g/mol. The molecule has 1 aromatic heterocycles. The number of anilines is 1. The van der Waals surface area contributed by atoms with Gasteiger partial charge in [-0.2, -0.15) is 13.6 Å². The van der Waals surface area contributed by atoms with Crippen molar-refractivity contribution in [3.8, 4) is 12.3 Å². The molecule has 17 nitrogen and oxygen atoms in total. The van der Waals surface area contributed by atoms with Crippen LogP contribution in [0.15, 0.2) is 10.9 Å². The number of aryl methyl sites for hydroxylation is 1. The molecule has 1 aromatic rings. The van der Waals surface area contributed by atoms with E-state index in [0.717, 1.165) is 4.57 Å². The van der Waals surface area contributed by atoms with Crippen LogP contribution in [-0.4, -0.2) is 58.6 Å². The lowest BCUT2D eigenvalue weighted by molar-refractivity contribution is -0.0474. The average Bonchev–Trinajstić information content (AvgIpc) is 2.81. The molecule has 9 N–H and O–H groups in total. The molecular weight excluding hydrogens is 501 g/mol. The number of aliphatic hydroxyl groups is 1. The first-order chi connectivity index (χ1) is 14.4. The Hall–Kier alpha value is -1.47. The van der Waals surface area contributed by atoms with Crippen molar-refractivity contribution in [1.82, 2.24) is 9.55 Å². The minimum absolute atomic E-state index is 0.116. The van der Waals surface area contributed by atoms with E-state index in [0.29, 0.717) is 0 Å². The largest absolute Gasteiger partial charge is 0.490 e. The molecule has 0 aliphatic carbocycles. The summed E-state index contributed by atoms with van der Waals surface area (Å²) in [7, 11) is -16.8. The Bertz CT molecular complexity index is 1130. The highest BCUT2D eigenvalue weighted by atomic mass is 31.3. The zero-order valence-corrected chi connectivity index (χ0v) is 18.7. The summed E-state index contributed by atoms with van der Waals surface area (Å²) in [6.07, 6.45) is 0.453. The van der Waals surface area contributed by atoms with E-state index in [4.69, 9.17) is 37.3 Å². The fourth-order valence-corrected chi connectivity index (χ4v) is 5.78. The Morgan fingerprint density at radius 3 is 2.38 bits per heavy atom. The Morgan fingerprint density at radius 1 is 1.28 bits per heavy atom. The van der Waals surface area contributed by atoms with Gasteiger partial charge in [-0.1, -0.05) is 5.92 Å². The second kappa shape index (κ2) is 9.05. The monoisotopic (exact) mass is 520 g/mol. The SMILES string of the molecule is C#CC1(N)C(O)[C@@H](COP(=O)(O)OP(=O)(O)OP(=O)(O)O)O[C@H]1n1c(C)cc(N)nc1=O. The molecule has 0 saturated carbocycles. The summed E-state index contributed by atoms with van der Waals surface area (Å²) in [6.45, 7) is 0.393. The molecule has 32 heavy (non-hydrogen) atoms. The summed E-state index contributed by atoms with van der Waals surface area (Å²) in [5.74, 6) is 1.96. The lowest BCUT2D eigenvalue weighted by Gasteiger charge is -2.28. The van der Waals surface area contributed by atoms with Crippen molar-refractivity contribution in [2.24, 2.45) is 5.73 Å². The van der Waals surface area contributed by atoms with Crippen LogP contribution in [0, 0.1) is 19.3 Å². The highest BCUT2D eigenvalue weighted by Gasteiger charge is 2.55. The van der Waals surface area contributed by atoms with E-state index in [2.05, 4.69) is 24.0 Å². The number of phosphoric acid groups is 3. The van der Waals surface area contributed by atoms with Gasteiger partial charge in [0, 0.05) is 5.69 Å². The summed E-state index contributed by atoms with van der Waals surface area (Å²) in [4.78, 5) is 51.5. The number of phosphoric ester groups is 1. The molecule has 1 aliphatic heterocycles. The number of ether oxygens (including phenoxy) is 1. The van der Waals surface area contributed by atoms with Gasteiger partial charge in [0.25, 0.3) is 0 Å². The minimum atomic E-state index is -5.75. The maximum Gasteiger partial charge on any atom is 0.490 e. The Morgan fingerprint density at radius 2 is 1.88 bits per heavy atom. The molecule has 20 heteroatoms. The van der Waals surface area contributed by atoms with E-state index in [1.165, 1.54) is 13.0 Å². The highest BCUT2D eigenvalue weighted by Crippen LogP contribution is 2.66. The number of hydrogen-bond acceptors (Lipinski definition) is 12. The van der Waals surface area contributed by atoms with Gasteiger partial charge in [0.15, 0.2) is 11.8 Å². The van der Waals surface area contributed by atoms with Gasteiger partial charge in [0.05, 0.1) is 6.61 Å². The number of hydrogen-bond donors (Lipinski definition) is 7. The molecule has 1 fully saturated rings. The number of aromatic nitrogens is 2. The van der Waals surface area contributed by atoms with Crippen LogP contribution in [0.5, 0.6) is 0 Å². The molecule has 0 radical (unpaired) electrons. The number of nitrogens with two attached hydrogens (primary N) is 2. The van der Waals surface area contributed by atoms with Crippen LogP contribution in [0.3, 0.4) is 0 Å². The zero-order chi connectivity index (χ0) is 24.7. The molecule has 2 rings (SSSR count). The van der Waals surface area contributed by atoms with E-state index in [1.807, 2.05) is 0 Å². The second-order valence-corrected chi connectivity index (χ2v) is 10.8. The van der Waals surface area contributed by atoms with Crippen LogP contribution in [0.1, 0.15) is 11.9 Å². The van der Waals surface area contributed by atoms with Crippen molar-refractivity contribution in [1.29, 1.82) is 0 Å². The molecule has 1 aliphatic rings. The van der Waals surface area contributed by atoms with E-state index < -0.39 is 59.7 Å². The highest BCUT2D eigenvalue weighted by molar-refractivity contribution is 7.66.